The highest BCUT2D eigenvalue weighted by molar-refractivity contribution is 5.17. The summed E-state index contributed by atoms with van der Waals surface area (Å²) in [6, 6.07) is 17.8. The van der Waals surface area contributed by atoms with Crippen LogP contribution in [0, 0.1) is 0 Å². The van der Waals surface area contributed by atoms with Crippen molar-refractivity contribution >= 4 is 0 Å². The summed E-state index contributed by atoms with van der Waals surface area (Å²) in [5.74, 6) is 0. The minimum Gasteiger partial charge on any atom is -0.394 e. The van der Waals surface area contributed by atoms with Crippen molar-refractivity contribution in [3.05, 3.63) is 71.8 Å². The molecule has 0 bridgehead atoms. The summed E-state index contributed by atoms with van der Waals surface area (Å²) in [6.45, 7) is -5.19. The summed E-state index contributed by atoms with van der Waals surface area (Å²) in [5.41, 5.74) is 1.36. The van der Waals surface area contributed by atoms with Crippen molar-refractivity contribution in [2.45, 2.75) is 25.1 Å². The molecule has 2 aromatic carbocycles. The number of ether oxygens (including phenoxy) is 3. The van der Waals surface area contributed by atoms with Gasteiger partial charge in [0.05, 0.1) is 25.2 Å². The summed E-state index contributed by atoms with van der Waals surface area (Å²) in [5, 5.41) is 9.81. The predicted molar refractivity (Wildman–Crippen MR) is 82.1 cm³/mol. The van der Waals surface area contributed by atoms with E-state index in [1.54, 1.807) is 42.5 Å². The first kappa shape index (κ1) is 10.9. The summed E-state index contributed by atoms with van der Waals surface area (Å²) in [6.07, 6.45) is -3.99. The molecule has 1 N–H and O–H groups in total. The van der Waals surface area contributed by atoms with Crippen LogP contribution in [0.4, 0.5) is 0 Å². The van der Waals surface area contributed by atoms with Gasteiger partial charge in [-0.1, -0.05) is 60.7 Å². The molecule has 4 heteroatoms. The van der Waals surface area contributed by atoms with Gasteiger partial charge in [-0.25, -0.2) is 0 Å². The highest BCUT2D eigenvalue weighted by atomic mass is 16.7. The second-order valence-electron chi connectivity index (χ2n) is 4.88. The first-order chi connectivity index (χ1) is 12.3. The van der Waals surface area contributed by atoms with Gasteiger partial charge >= 0.3 is 0 Å². The maximum Gasteiger partial charge on any atom is 0.184 e. The minimum absolute atomic E-state index is 0.0230. The van der Waals surface area contributed by atoms with Crippen LogP contribution in [0.25, 0.3) is 0 Å². The summed E-state index contributed by atoms with van der Waals surface area (Å²) in [7, 11) is 0. The van der Waals surface area contributed by atoms with Gasteiger partial charge in [0.25, 0.3) is 0 Å². The molecule has 22 heavy (non-hydrogen) atoms. The number of rotatable bonds is 6. The quantitative estimate of drug-likeness (QED) is 0.891. The van der Waals surface area contributed by atoms with E-state index in [1.807, 2.05) is 18.2 Å². The van der Waals surface area contributed by atoms with Gasteiger partial charge in [-0.05, 0) is 5.56 Å². The minimum atomic E-state index is -2.79. The number of hydrogen-bond acceptors (Lipinski definition) is 4. The van der Waals surface area contributed by atoms with E-state index in [1.165, 1.54) is 0 Å². The summed E-state index contributed by atoms with van der Waals surface area (Å²) < 4.78 is 48.0. The van der Waals surface area contributed by atoms with E-state index in [-0.39, 0.29) is 6.61 Å². The third-order valence-corrected chi connectivity index (χ3v) is 3.30. The number of aliphatic hydroxyl groups is 1. The maximum absolute atomic E-state index is 9.81. The molecule has 0 aromatic heterocycles. The summed E-state index contributed by atoms with van der Waals surface area (Å²) in [4.78, 5) is 0. The van der Waals surface area contributed by atoms with Crippen molar-refractivity contribution in [2.24, 2.45) is 0 Å². The first-order valence-corrected chi connectivity index (χ1v) is 7.03. The normalized spacial score (nSPS) is 28.5. The Morgan fingerprint density at radius 3 is 2.27 bits per heavy atom. The van der Waals surface area contributed by atoms with Crippen LogP contribution in [0.2, 0.25) is 0 Å². The highest BCUT2D eigenvalue weighted by Crippen LogP contribution is 2.31. The fourth-order valence-corrected chi connectivity index (χ4v) is 2.18. The van der Waals surface area contributed by atoms with Gasteiger partial charge in [0, 0.05) is 5.56 Å². The smallest absolute Gasteiger partial charge is 0.184 e. The van der Waals surface area contributed by atoms with Crippen LogP contribution in [0.1, 0.15) is 22.9 Å². The lowest BCUT2D eigenvalue weighted by molar-refractivity contribution is -0.0810. The van der Waals surface area contributed by atoms with Gasteiger partial charge in [0.15, 0.2) is 6.29 Å². The molecule has 0 radical (unpaired) electrons. The fraction of sp³-hybridized carbons (Fsp3) is 0.333. The fourth-order valence-electron chi connectivity index (χ4n) is 2.18. The Hall–Kier alpha value is -1.72. The standard InChI is InChI=1S/C18H20O4/c19-11-16-17(13-20-12-14-7-3-1-4-8-14)22-18(21-16)15-9-5-2-6-10-15/h1-10,16-19H,11-13H2/t16-,17-,18?/m0/s1/i11D2,13D2. The predicted octanol–water partition coefficient (Wildman–Crippen LogP) is 2.68. The molecule has 0 amide bonds. The Morgan fingerprint density at radius 2 is 1.59 bits per heavy atom. The van der Waals surface area contributed by atoms with Gasteiger partial charge in [-0.15, -0.1) is 0 Å². The lowest BCUT2D eigenvalue weighted by Gasteiger charge is -2.14. The van der Waals surface area contributed by atoms with E-state index in [0.717, 1.165) is 5.56 Å². The average molecular weight is 304 g/mol. The molecule has 1 aliphatic heterocycles. The van der Waals surface area contributed by atoms with E-state index in [2.05, 4.69) is 0 Å². The van der Waals surface area contributed by atoms with Crippen LogP contribution >= 0.6 is 0 Å². The number of hydrogen-bond donors (Lipinski definition) is 1. The molecular weight excluding hydrogens is 280 g/mol. The Morgan fingerprint density at radius 1 is 0.955 bits per heavy atom. The SMILES string of the molecule is [2H]C([2H])(O)[C@@H]1OC(c2ccccc2)O[C@H]1C([2H])([2H])OCc1ccccc1. The Labute approximate surface area is 135 Å². The molecule has 2 aromatic rings. The van der Waals surface area contributed by atoms with Crippen molar-refractivity contribution in [2.75, 3.05) is 13.1 Å². The summed E-state index contributed by atoms with van der Waals surface area (Å²) >= 11 is 0. The second-order valence-corrected chi connectivity index (χ2v) is 4.88. The van der Waals surface area contributed by atoms with Gasteiger partial charge in [-0.3, -0.25) is 0 Å². The Bertz CT molecular complexity index is 706. The molecule has 4 nitrogen and oxygen atoms in total. The highest BCUT2D eigenvalue weighted by Gasteiger charge is 2.36. The molecule has 1 saturated heterocycles. The Balaban J connectivity index is 1.78. The van der Waals surface area contributed by atoms with Gasteiger partial charge < -0.3 is 19.3 Å². The third-order valence-electron chi connectivity index (χ3n) is 3.30. The molecule has 1 fully saturated rings. The van der Waals surface area contributed by atoms with E-state index in [9.17, 15) is 5.11 Å². The zero-order chi connectivity index (χ0) is 18.8. The molecule has 116 valence electrons. The van der Waals surface area contributed by atoms with Crippen molar-refractivity contribution in [3.63, 3.8) is 0 Å². The van der Waals surface area contributed by atoms with Crippen LogP contribution in [-0.2, 0) is 20.8 Å². The molecular formula is C18H20O4. The van der Waals surface area contributed by atoms with Gasteiger partial charge in [0.2, 0.25) is 0 Å². The maximum atomic E-state index is 9.81. The van der Waals surface area contributed by atoms with E-state index < -0.39 is 31.6 Å². The monoisotopic (exact) mass is 304 g/mol. The van der Waals surface area contributed by atoms with Crippen molar-refractivity contribution in [1.29, 1.82) is 0 Å². The van der Waals surface area contributed by atoms with Crippen LogP contribution in [0.5, 0.6) is 0 Å². The molecule has 0 spiro atoms. The first-order valence-electron chi connectivity index (χ1n) is 9.03. The van der Waals surface area contributed by atoms with Crippen molar-refractivity contribution in [1.82, 2.24) is 0 Å². The molecule has 3 rings (SSSR count). The van der Waals surface area contributed by atoms with E-state index in [0.29, 0.717) is 5.56 Å². The van der Waals surface area contributed by atoms with Crippen LogP contribution < -0.4 is 0 Å². The van der Waals surface area contributed by atoms with Crippen LogP contribution in [-0.4, -0.2) is 30.4 Å². The van der Waals surface area contributed by atoms with E-state index in [4.69, 9.17) is 19.7 Å². The molecule has 1 unspecified atom stereocenters. The van der Waals surface area contributed by atoms with Gasteiger partial charge in [0.1, 0.15) is 12.2 Å². The molecule has 1 aliphatic rings. The van der Waals surface area contributed by atoms with Crippen LogP contribution in [0.15, 0.2) is 60.7 Å². The second kappa shape index (κ2) is 7.51. The largest absolute Gasteiger partial charge is 0.394 e. The number of benzene rings is 2. The molecule has 1 heterocycles. The van der Waals surface area contributed by atoms with E-state index >= 15 is 0 Å². The zero-order valence-electron chi connectivity index (χ0n) is 15.9. The molecule has 3 atom stereocenters. The van der Waals surface area contributed by atoms with Crippen molar-refractivity contribution in [3.8, 4) is 0 Å². The lowest BCUT2D eigenvalue weighted by Crippen LogP contribution is -2.30. The Kier molecular flexibility index (Phi) is 3.73. The lowest BCUT2D eigenvalue weighted by atomic mass is 10.2. The van der Waals surface area contributed by atoms with Crippen LogP contribution in [0.3, 0.4) is 0 Å². The topological polar surface area (TPSA) is 47.9 Å². The van der Waals surface area contributed by atoms with Gasteiger partial charge in [-0.2, -0.15) is 0 Å². The van der Waals surface area contributed by atoms with Crippen molar-refractivity contribution < 1.29 is 24.8 Å². The zero-order valence-corrected chi connectivity index (χ0v) is 11.9. The third kappa shape index (κ3) is 3.72. The molecule has 0 saturated carbocycles. The molecule has 0 aliphatic carbocycles. The average Bonchev–Trinajstić information content (AvgIpc) is 3.09.